The zero-order valence-corrected chi connectivity index (χ0v) is 18.1. The van der Waals surface area contributed by atoms with Gasteiger partial charge in [0.15, 0.2) is 0 Å². The van der Waals surface area contributed by atoms with Crippen molar-refractivity contribution in [1.29, 1.82) is 0 Å². The van der Waals surface area contributed by atoms with Gasteiger partial charge in [0.05, 0.1) is 0 Å². The Morgan fingerprint density at radius 3 is 2.64 bits per heavy atom. The van der Waals surface area contributed by atoms with Crippen LogP contribution in [0.2, 0.25) is 0 Å². The van der Waals surface area contributed by atoms with E-state index in [0.717, 1.165) is 55.8 Å². The molecule has 5 nitrogen and oxygen atoms in total. The van der Waals surface area contributed by atoms with Gasteiger partial charge >= 0.3 is 0 Å². The van der Waals surface area contributed by atoms with Gasteiger partial charge in [-0.05, 0) is 30.2 Å². The first-order valence-corrected chi connectivity index (χ1v) is 11.2. The number of hydrogen-bond donors (Lipinski definition) is 0. The Morgan fingerprint density at radius 1 is 1.25 bits per heavy atom. The lowest BCUT2D eigenvalue weighted by Crippen LogP contribution is -2.40. The van der Waals surface area contributed by atoms with Gasteiger partial charge in [0, 0.05) is 50.6 Å². The van der Waals surface area contributed by atoms with Crippen LogP contribution in [-0.2, 0) is 11.2 Å². The summed E-state index contributed by atoms with van der Waals surface area (Å²) in [7, 11) is 0. The minimum Gasteiger partial charge on any atom is -0.346 e. The van der Waals surface area contributed by atoms with Crippen LogP contribution in [0, 0.1) is 11.8 Å². The van der Waals surface area contributed by atoms with E-state index in [1.54, 1.807) is 0 Å². The SMILES string of the molecule is CC(C)CN(CCC(=O)N1CCC(C)CC1)c1nc(Cc2ccccc2)ns1. The number of aromatic nitrogens is 2. The quantitative estimate of drug-likeness (QED) is 0.665. The molecule has 0 atom stereocenters. The number of benzene rings is 1. The van der Waals surface area contributed by atoms with Crippen LogP contribution in [0.5, 0.6) is 0 Å². The Labute approximate surface area is 172 Å². The molecule has 28 heavy (non-hydrogen) atoms. The van der Waals surface area contributed by atoms with Gasteiger partial charge in [0.1, 0.15) is 5.82 Å². The summed E-state index contributed by atoms with van der Waals surface area (Å²) in [5.41, 5.74) is 1.22. The molecule has 0 saturated carbocycles. The predicted octanol–water partition coefficient (Wildman–Crippen LogP) is 4.24. The van der Waals surface area contributed by atoms with E-state index < -0.39 is 0 Å². The Hall–Kier alpha value is -1.95. The van der Waals surface area contributed by atoms with Crippen molar-refractivity contribution < 1.29 is 4.79 Å². The molecule has 0 unspecified atom stereocenters. The first-order valence-electron chi connectivity index (χ1n) is 10.4. The molecule has 0 spiro atoms. The van der Waals surface area contributed by atoms with Gasteiger partial charge in [-0.2, -0.15) is 4.37 Å². The van der Waals surface area contributed by atoms with E-state index >= 15 is 0 Å². The Bertz CT molecular complexity index is 738. The summed E-state index contributed by atoms with van der Waals surface area (Å²) in [4.78, 5) is 21.7. The van der Waals surface area contributed by atoms with E-state index in [9.17, 15) is 4.79 Å². The number of carbonyl (C=O) groups excluding carboxylic acids is 1. The third-order valence-electron chi connectivity index (χ3n) is 5.25. The summed E-state index contributed by atoms with van der Waals surface area (Å²) in [6.07, 6.45) is 3.55. The van der Waals surface area contributed by atoms with Gasteiger partial charge in [0.2, 0.25) is 11.0 Å². The first-order chi connectivity index (χ1) is 13.5. The van der Waals surface area contributed by atoms with Crippen molar-refractivity contribution >= 4 is 22.6 Å². The number of nitrogens with zero attached hydrogens (tertiary/aromatic N) is 4. The smallest absolute Gasteiger partial charge is 0.224 e. The third-order valence-corrected chi connectivity index (χ3v) is 6.07. The molecule has 1 fully saturated rings. The molecule has 0 aliphatic carbocycles. The number of rotatable bonds is 8. The number of anilines is 1. The number of carbonyl (C=O) groups is 1. The van der Waals surface area contributed by atoms with Crippen molar-refractivity contribution in [1.82, 2.24) is 14.3 Å². The Kier molecular flexibility index (Phi) is 7.43. The molecular weight excluding hydrogens is 368 g/mol. The van der Waals surface area contributed by atoms with Gasteiger partial charge in [-0.3, -0.25) is 4.79 Å². The van der Waals surface area contributed by atoms with E-state index in [1.807, 2.05) is 23.1 Å². The van der Waals surface area contributed by atoms with E-state index in [-0.39, 0.29) is 5.91 Å². The number of hydrogen-bond acceptors (Lipinski definition) is 5. The average Bonchev–Trinajstić information content (AvgIpc) is 3.14. The monoisotopic (exact) mass is 400 g/mol. The van der Waals surface area contributed by atoms with E-state index in [2.05, 4.69) is 42.2 Å². The summed E-state index contributed by atoms with van der Waals surface area (Å²) in [5, 5.41) is 0.930. The standard InChI is InChI=1S/C22H32N4OS/c1-17(2)16-26(14-11-21(27)25-12-9-18(3)10-13-25)22-23-20(24-28-22)15-19-7-5-4-6-8-19/h4-8,17-18H,9-16H2,1-3H3. The van der Waals surface area contributed by atoms with Gasteiger partial charge < -0.3 is 9.80 Å². The molecule has 1 aliphatic rings. The lowest BCUT2D eigenvalue weighted by molar-refractivity contribution is -0.132. The van der Waals surface area contributed by atoms with Crippen molar-refractivity contribution in [3.8, 4) is 0 Å². The van der Waals surface area contributed by atoms with Crippen LogP contribution in [0.15, 0.2) is 30.3 Å². The molecule has 0 radical (unpaired) electrons. The molecule has 1 aromatic heterocycles. The second-order valence-corrected chi connectivity index (χ2v) is 9.04. The van der Waals surface area contributed by atoms with E-state index in [4.69, 9.17) is 4.98 Å². The minimum absolute atomic E-state index is 0.273. The van der Waals surface area contributed by atoms with Crippen molar-refractivity contribution in [2.75, 3.05) is 31.1 Å². The van der Waals surface area contributed by atoms with Crippen LogP contribution in [0.1, 0.15) is 51.4 Å². The second-order valence-electron chi connectivity index (χ2n) is 8.31. The number of amides is 1. The van der Waals surface area contributed by atoms with E-state index in [1.165, 1.54) is 17.1 Å². The maximum Gasteiger partial charge on any atom is 0.224 e. The summed E-state index contributed by atoms with van der Waals surface area (Å²) >= 11 is 1.45. The molecule has 2 aromatic rings. The van der Waals surface area contributed by atoms with Crippen LogP contribution in [-0.4, -0.2) is 46.3 Å². The van der Waals surface area contributed by atoms with Crippen LogP contribution >= 0.6 is 11.5 Å². The van der Waals surface area contributed by atoms with Gasteiger partial charge in [-0.1, -0.05) is 51.1 Å². The maximum atomic E-state index is 12.6. The van der Waals surface area contributed by atoms with Crippen LogP contribution in [0.25, 0.3) is 0 Å². The fourth-order valence-corrected chi connectivity index (χ4v) is 4.30. The highest BCUT2D eigenvalue weighted by atomic mass is 32.1. The summed E-state index contributed by atoms with van der Waals surface area (Å²) in [6.45, 7) is 10.1. The molecule has 1 aromatic carbocycles. The highest BCUT2D eigenvalue weighted by Crippen LogP contribution is 2.22. The normalized spacial score (nSPS) is 15.2. The molecule has 0 bridgehead atoms. The topological polar surface area (TPSA) is 49.3 Å². The fourth-order valence-electron chi connectivity index (χ4n) is 3.58. The van der Waals surface area contributed by atoms with Crippen molar-refractivity contribution in [2.45, 2.75) is 46.5 Å². The van der Waals surface area contributed by atoms with Gasteiger partial charge in [-0.25, -0.2) is 4.98 Å². The highest BCUT2D eigenvalue weighted by molar-refractivity contribution is 7.09. The van der Waals surface area contributed by atoms with Crippen molar-refractivity contribution in [2.24, 2.45) is 11.8 Å². The zero-order chi connectivity index (χ0) is 19.9. The molecule has 152 valence electrons. The number of piperidine rings is 1. The summed E-state index contributed by atoms with van der Waals surface area (Å²) < 4.78 is 4.56. The Morgan fingerprint density at radius 2 is 1.96 bits per heavy atom. The molecule has 6 heteroatoms. The summed E-state index contributed by atoms with van der Waals surface area (Å²) in [6, 6.07) is 10.3. The molecule has 0 N–H and O–H groups in total. The summed E-state index contributed by atoms with van der Waals surface area (Å²) in [5.74, 6) is 2.38. The molecule has 1 aliphatic heterocycles. The molecule has 1 amide bonds. The Balaban J connectivity index is 1.59. The van der Waals surface area contributed by atoms with Crippen LogP contribution in [0.3, 0.4) is 0 Å². The number of likely N-dealkylation sites (tertiary alicyclic amines) is 1. The highest BCUT2D eigenvalue weighted by Gasteiger charge is 2.22. The predicted molar refractivity (Wildman–Crippen MR) is 116 cm³/mol. The average molecular weight is 401 g/mol. The largest absolute Gasteiger partial charge is 0.346 e. The molecule has 2 heterocycles. The minimum atomic E-state index is 0.273. The second kappa shape index (κ2) is 10.0. The van der Waals surface area contributed by atoms with Crippen LogP contribution in [0.4, 0.5) is 5.13 Å². The molecule has 1 saturated heterocycles. The van der Waals surface area contributed by atoms with Gasteiger partial charge in [0.25, 0.3) is 0 Å². The fraction of sp³-hybridized carbons (Fsp3) is 0.591. The third kappa shape index (κ3) is 6.03. The maximum absolute atomic E-state index is 12.6. The molecular formula is C22H32N4OS. The lowest BCUT2D eigenvalue weighted by atomic mass is 9.99. The molecule has 3 rings (SSSR count). The van der Waals surface area contributed by atoms with Crippen molar-refractivity contribution in [3.05, 3.63) is 41.7 Å². The zero-order valence-electron chi connectivity index (χ0n) is 17.3. The van der Waals surface area contributed by atoms with E-state index in [0.29, 0.717) is 18.9 Å². The first kappa shape index (κ1) is 20.8. The van der Waals surface area contributed by atoms with Gasteiger partial charge in [-0.15, -0.1) is 0 Å². The lowest BCUT2D eigenvalue weighted by Gasteiger charge is -2.31. The van der Waals surface area contributed by atoms with Crippen molar-refractivity contribution in [3.63, 3.8) is 0 Å². The van der Waals surface area contributed by atoms with Crippen LogP contribution < -0.4 is 4.90 Å².